The molecule has 1 aliphatic carbocycles. The Morgan fingerprint density at radius 2 is 1.86 bits per heavy atom. The van der Waals surface area contributed by atoms with Gasteiger partial charge in [0, 0.05) is 16.1 Å². The zero-order valence-corrected chi connectivity index (χ0v) is 13.4. The molecule has 0 unspecified atom stereocenters. The molecule has 1 aliphatic rings. The Morgan fingerprint density at radius 1 is 1.24 bits per heavy atom. The second-order valence-corrected chi connectivity index (χ2v) is 6.41. The molecule has 2 aromatic carbocycles. The summed E-state index contributed by atoms with van der Waals surface area (Å²) in [6, 6.07) is 12.0. The predicted molar refractivity (Wildman–Crippen MR) is 89.3 cm³/mol. The van der Waals surface area contributed by atoms with Crippen molar-refractivity contribution in [2.75, 3.05) is 11.1 Å². The number of carbonyl (C=O) groups excluding carboxylic acids is 1. The summed E-state index contributed by atoms with van der Waals surface area (Å²) in [6.07, 6.45) is 1.61. The number of nitrogens with two attached hydrogens (primary N) is 1. The number of benzene rings is 2. The van der Waals surface area contributed by atoms with Crippen LogP contribution in [0.3, 0.4) is 0 Å². The Bertz CT molecular complexity index is 687. The van der Waals surface area contributed by atoms with E-state index in [2.05, 4.69) is 33.4 Å². The lowest BCUT2D eigenvalue weighted by Crippen LogP contribution is -2.23. The molecule has 1 amide bonds. The number of hydrogen-bond donors (Lipinski definition) is 2. The van der Waals surface area contributed by atoms with Gasteiger partial charge in [-0.25, -0.2) is 0 Å². The Labute approximate surface area is 132 Å². The standard InChI is InChI=1S/C17H17BrN2O/c1-10-6-14(18)16(9-15(10)19)20-17(21)13-7-11-4-2-3-5-12(11)8-13/h2-6,9,13H,7-8,19H2,1H3,(H,20,21). The lowest BCUT2D eigenvalue weighted by Gasteiger charge is -2.13. The van der Waals surface area contributed by atoms with Gasteiger partial charge in [0.1, 0.15) is 0 Å². The molecular weight excluding hydrogens is 328 g/mol. The number of halogens is 1. The maximum absolute atomic E-state index is 12.5. The van der Waals surface area contributed by atoms with Gasteiger partial charge < -0.3 is 11.1 Å². The van der Waals surface area contributed by atoms with Crippen molar-refractivity contribution < 1.29 is 4.79 Å². The fourth-order valence-electron chi connectivity index (χ4n) is 2.76. The summed E-state index contributed by atoms with van der Waals surface area (Å²) in [5.74, 6) is 0.0481. The summed E-state index contributed by atoms with van der Waals surface area (Å²) in [7, 11) is 0. The highest BCUT2D eigenvalue weighted by Gasteiger charge is 2.27. The van der Waals surface area contributed by atoms with Crippen LogP contribution in [0.25, 0.3) is 0 Å². The normalized spacial score (nSPS) is 14.0. The largest absolute Gasteiger partial charge is 0.398 e. The van der Waals surface area contributed by atoms with E-state index < -0.39 is 0 Å². The average Bonchev–Trinajstić information content (AvgIpc) is 2.88. The average molecular weight is 345 g/mol. The Morgan fingerprint density at radius 3 is 2.48 bits per heavy atom. The van der Waals surface area contributed by atoms with Gasteiger partial charge >= 0.3 is 0 Å². The van der Waals surface area contributed by atoms with Gasteiger partial charge in [-0.2, -0.15) is 0 Å². The Hall–Kier alpha value is -1.81. The van der Waals surface area contributed by atoms with Crippen LogP contribution in [0.1, 0.15) is 16.7 Å². The van der Waals surface area contributed by atoms with Crippen LogP contribution in [0, 0.1) is 12.8 Å². The number of anilines is 2. The fourth-order valence-corrected chi connectivity index (χ4v) is 3.32. The summed E-state index contributed by atoms with van der Waals surface area (Å²) in [4.78, 5) is 12.5. The molecule has 0 fully saturated rings. The van der Waals surface area contributed by atoms with Crippen LogP contribution >= 0.6 is 15.9 Å². The van der Waals surface area contributed by atoms with Crippen LogP contribution in [0.15, 0.2) is 40.9 Å². The van der Waals surface area contributed by atoms with Crippen molar-refractivity contribution in [3.63, 3.8) is 0 Å². The van der Waals surface area contributed by atoms with Crippen molar-refractivity contribution in [1.82, 2.24) is 0 Å². The molecule has 3 nitrogen and oxygen atoms in total. The van der Waals surface area contributed by atoms with E-state index in [1.807, 2.05) is 25.1 Å². The van der Waals surface area contributed by atoms with Crippen molar-refractivity contribution in [3.8, 4) is 0 Å². The summed E-state index contributed by atoms with van der Waals surface area (Å²) < 4.78 is 0.859. The van der Waals surface area contributed by atoms with E-state index in [1.165, 1.54) is 11.1 Å². The van der Waals surface area contributed by atoms with Gasteiger partial charge in [0.05, 0.1) is 5.69 Å². The van der Waals surface area contributed by atoms with Crippen LogP contribution in [0.5, 0.6) is 0 Å². The van der Waals surface area contributed by atoms with Crippen molar-refractivity contribution in [3.05, 3.63) is 57.6 Å². The van der Waals surface area contributed by atoms with Crippen LogP contribution in [-0.4, -0.2) is 5.91 Å². The molecule has 3 N–H and O–H groups in total. The number of fused-ring (bicyclic) bond motifs is 1. The molecule has 0 atom stereocenters. The molecule has 0 heterocycles. The number of carbonyl (C=O) groups is 1. The number of aryl methyl sites for hydroxylation is 1. The second-order valence-electron chi connectivity index (χ2n) is 5.55. The second kappa shape index (κ2) is 5.53. The fraction of sp³-hybridized carbons (Fsp3) is 0.235. The van der Waals surface area contributed by atoms with Gasteiger partial charge in [-0.05, 0) is 64.5 Å². The minimum atomic E-state index is -0.00294. The van der Waals surface area contributed by atoms with Crippen molar-refractivity contribution in [2.24, 2.45) is 5.92 Å². The monoisotopic (exact) mass is 344 g/mol. The first-order chi connectivity index (χ1) is 10.0. The first kappa shape index (κ1) is 14.1. The summed E-state index contributed by atoms with van der Waals surface area (Å²) >= 11 is 3.48. The molecule has 21 heavy (non-hydrogen) atoms. The van der Waals surface area contributed by atoms with Crippen molar-refractivity contribution >= 4 is 33.2 Å². The molecule has 0 aliphatic heterocycles. The van der Waals surface area contributed by atoms with E-state index in [4.69, 9.17) is 5.73 Å². The van der Waals surface area contributed by atoms with E-state index in [0.717, 1.165) is 28.6 Å². The Kier molecular flexibility index (Phi) is 3.72. The third-order valence-electron chi connectivity index (χ3n) is 4.04. The smallest absolute Gasteiger partial charge is 0.228 e. The number of nitrogen functional groups attached to an aromatic ring is 1. The van der Waals surface area contributed by atoms with E-state index >= 15 is 0 Å². The molecule has 0 saturated carbocycles. The van der Waals surface area contributed by atoms with Crippen LogP contribution in [-0.2, 0) is 17.6 Å². The quantitative estimate of drug-likeness (QED) is 0.816. The third kappa shape index (κ3) is 2.81. The first-order valence-corrected chi connectivity index (χ1v) is 7.77. The maximum atomic E-state index is 12.5. The lowest BCUT2D eigenvalue weighted by molar-refractivity contribution is -0.119. The lowest BCUT2D eigenvalue weighted by atomic mass is 10.1. The number of rotatable bonds is 2. The van der Waals surface area contributed by atoms with Gasteiger partial charge in [-0.15, -0.1) is 0 Å². The molecule has 0 aromatic heterocycles. The van der Waals surface area contributed by atoms with Gasteiger partial charge in [-0.3, -0.25) is 4.79 Å². The minimum absolute atomic E-state index is 0.00294. The molecule has 108 valence electrons. The van der Waals surface area contributed by atoms with E-state index in [9.17, 15) is 4.79 Å². The molecule has 4 heteroatoms. The number of amides is 1. The van der Waals surface area contributed by atoms with E-state index in [0.29, 0.717) is 5.69 Å². The number of nitrogens with one attached hydrogen (secondary N) is 1. The molecule has 0 spiro atoms. The van der Waals surface area contributed by atoms with Gasteiger partial charge in [0.25, 0.3) is 0 Å². The van der Waals surface area contributed by atoms with Crippen molar-refractivity contribution in [1.29, 1.82) is 0 Å². The first-order valence-electron chi connectivity index (χ1n) is 6.98. The van der Waals surface area contributed by atoms with Gasteiger partial charge in [0.15, 0.2) is 0 Å². The van der Waals surface area contributed by atoms with Crippen LogP contribution in [0.2, 0.25) is 0 Å². The summed E-state index contributed by atoms with van der Waals surface area (Å²) in [6.45, 7) is 1.94. The highest BCUT2D eigenvalue weighted by Crippen LogP contribution is 2.31. The van der Waals surface area contributed by atoms with Crippen molar-refractivity contribution in [2.45, 2.75) is 19.8 Å². The maximum Gasteiger partial charge on any atom is 0.228 e. The van der Waals surface area contributed by atoms with E-state index in [1.54, 1.807) is 6.07 Å². The molecule has 0 bridgehead atoms. The van der Waals surface area contributed by atoms with Crippen LogP contribution in [0.4, 0.5) is 11.4 Å². The van der Waals surface area contributed by atoms with Gasteiger partial charge in [0.2, 0.25) is 5.91 Å². The SMILES string of the molecule is Cc1cc(Br)c(NC(=O)C2Cc3ccccc3C2)cc1N. The predicted octanol–water partition coefficient (Wildman–Crippen LogP) is 3.69. The zero-order valence-electron chi connectivity index (χ0n) is 11.8. The summed E-state index contributed by atoms with van der Waals surface area (Å²) in [5.41, 5.74) is 10.9. The number of hydrogen-bond acceptors (Lipinski definition) is 2. The highest BCUT2D eigenvalue weighted by molar-refractivity contribution is 9.10. The topological polar surface area (TPSA) is 55.1 Å². The van der Waals surface area contributed by atoms with E-state index in [-0.39, 0.29) is 11.8 Å². The molecule has 2 aromatic rings. The van der Waals surface area contributed by atoms with Gasteiger partial charge in [-0.1, -0.05) is 24.3 Å². The highest BCUT2D eigenvalue weighted by atomic mass is 79.9. The molecular formula is C17H17BrN2O. The zero-order chi connectivity index (χ0) is 15.0. The molecule has 0 radical (unpaired) electrons. The molecule has 0 saturated heterocycles. The Balaban J connectivity index is 1.75. The van der Waals surface area contributed by atoms with Crippen LogP contribution < -0.4 is 11.1 Å². The minimum Gasteiger partial charge on any atom is -0.398 e. The summed E-state index contributed by atoms with van der Waals surface area (Å²) in [5, 5.41) is 2.99. The molecule has 3 rings (SSSR count). The third-order valence-corrected chi connectivity index (χ3v) is 4.69.